The van der Waals surface area contributed by atoms with E-state index in [1.807, 2.05) is 0 Å². The molecule has 0 aliphatic rings. The molecule has 0 bridgehead atoms. The third-order valence-corrected chi connectivity index (χ3v) is 3.86. The van der Waals surface area contributed by atoms with Crippen LogP contribution in [0.1, 0.15) is 27.2 Å². The van der Waals surface area contributed by atoms with Crippen LogP contribution in [-0.2, 0) is 9.59 Å². The summed E-state index contributed by atoms with van der Waals surface area (Å²) in [6, 6.07) is 5.16. The molecule has 2 N–H and O–H groups in total. The fourth-order valence-electron chi connectivity index (χ4n) is 1.75. The Hall–Kier alpha value is -1.69. The Morgan fingerprint density at radius 3 is 2.59 bits per heavy atom. The summed E-state index contributed by atoms with van der Waals surface area (Å²) in [5.41, 5.74) is 1.18. The van der Waals surface area contributed by atoms with E-state index in [1.54, 1.807) is 30.0 Å². The number of ether oxygens (including phenoxy) is 1. The lowest BCUT2D eigenvalue weighted by atomic mass is 10.2. The van der Waals surface area contributed by atoms with Gasteiger partial charge in [0.2, 0.25) is 11.8 Å². The highest BCUT2D eigenvalue weighted by molar-refractivity contribution is 7.99. The fourth-order valence-corrected chi connectivity index (χ4v) is 2.79. The molecule has 122 valence electrons. The average molecular weight is 324 g/mol. The second-order valence-electron chi connectivity index (χ2n) is 5.38. The van der Waals surface area contributed by atoms with Crippen molar-refractivity contribution in [2.45, 2.75) is 27.2 Å². The average Bonchev–Trinajstić information content (AvgIpc) is 2.43. The number of anilines is 2. The van der Waals surface area contributed by atoms with Crippen LogP contribution in [0.15, 0.2) is 18.2 Å². The molecule has 1 rings (SSSR count). The van der Waals surface area contributed by atoms with Gasteiger partial charge in [0.1, 0.15) is 5.75 Å². The Kier molecular flexibility index (Phi) is 7.80. The van der Waals surface area contributed by atoms with E-state index in [0.717, 1.165) is 12.2 Å². The monoisotopic (exact) mass is 324 g/mol. The number of thioether (sulfide) groups is 1. The van der Waals surface area contributed by atoms with E-state index in [0.29, 0.717) is 28.8 Å². The van der Waals surface area contributed by atoms with Gasteiger partial charge in [0, 0.05) is 12.6 Å². The van der Waals surface area contributed by atoms with E-state index in [1.165, 1.54) is 14.0 Å². The van der Waals surface area contributed by atoms with Crippen LogP contribution in [0.25, 0.3) is 0 Å². The molecule has 0 atom stereocenters. The van der Waals surface area contributed by atoms with E-state index in [2.05, 4.69) is 24.5 Å². The highest BCUT2D eigenvalue weighted by Crippen LogP contribution is 2.27. The van der Waals surface area contributed by atoms with Gasteiger partial charge in [-0.2, -0.15) is 11.8 Å². The molecule has 22 heavy (non-hydrogen) atoms. The highest BCUT2D eigenvalue weighted by Gasteiger charge is 2.08. The summed E-state index contributed by atoms with van der Waals surface area (Å²) < 4.78 is 5.18. The first kappa shape index (κ1) is 18.4. The van der Waals surface area contributed by atoms with Gasteiger partial charge in [-0.25, -0.2) is 0 Å². The summed E-state index contributed by atoms with van der Waals surface area (Å²) in [5.74, 6) is 2.37. The Bertz CT molecular complexity index is 518. The van der Waals surface area contributed by atoms with Gasteiger partial charge in [0.05, 0.1) is 18.6 Å². The molecule has 0 saturated carbocycles. The Morgan fingerprint density at radius 1 is 1.27 bits per heavy atom. The van der Waals surface area contributed by atoms with Gasteiger partial charge in [-0.15, -0.1) is 0 Å². The lowest BCUT2D eigenvalue weighted by Crippen LogP contribution is -2.15. The molecule has 0 aliphatic carbocycles. The van der Waals surface area contributed by atoms with Crippen molar-refractivity contribution in [3.05, 3.63) is 18.2 Å². The maximum Gasteiger partial charge on any atom is 0.234 e. The molecule has 0 aliphatic heterocycles. The van der Waals surface area contributed by atoms with Crippen molar-refractivity contribution in [3.8, 4) is 5.75 Å². The molecule has 0 spiro atoms. The van der Waals surface area contributed by atoms with E-state index in [4.69, 9.17) is 4.74 Å². The van der Waals surface area contributed by atoms with Gasteiger partial charge in [-0.1, -0.05) is 13.8 Å². The molecule has 0 saturated heterocycles. The van der Waals surface area contributed by atoms with Crippen molar-refractivity contribution < 1.29 is 14.3 Å². The predicted octanol–water partition coefficient (Wildman–Crippen LogP) is 3.37. The molecule has 0 radical (unpaired) electrons. The zero-order valence-electron chi connectivity index (χ0n) is 13.6. The second kappa shape index (κ2) is 9.35. The quantitative estimate of drug-likeness (QED) is 0.720. The molecule has 1 aromatic carbocycles. The second-order valence-corrected chi connectivity index (χ2v) is 6.48. The maximum absolute atomic E-state index is 11.9. The molecule has 0 fully saturated rings. The van der Waals surface area contributed by atoms with Crippen LogP contribution in [0.2, 0.25) is 0 Å². The van der Waals surface area contributed by atoms with E-state index in [9.17, 15) is 9.59 Å². The van der Waals surface area contributed by atoms with Crippen LogP contribution < -0.4 is 15.4 Å². The fraction of sp³-hybridized carbons (Fsp3) is 0.500. The van der Waals surface area contributed by atoms with Crippen LogP contribution in [0, 0.1) is 5.92 Å². The summed E-state index contributed by atoms with van der Waals surface area (Å²) >= 11 is 1.62. The van der Waals surface area contributed by atoms with Crippen LogP contribution in [0.3, 0.4) is 0 Å². The summed E-state index contributed by atoms with van der Waals surface area (Å²) in [5, 5.41) is 5.51. The lowest BCUT2D eigenvalue weighted by molar-refractivity contribution is -0.114. The van der Waals surface area contributed by atoms with Crippen molar-refractivity contribution in [1.82, 2.24) is 0 Å². The Balaban J connectivity index is 2.57. The minimum atomic E-state index is -0.189. The first-order chi connectivity index (χ1) is 10.4. The van der Waals surface area contributed by atoms with E-state index in [-0.39, 0.29) is 11.8 Å². The van der Waals surface area contributed by atoms with Crippen molar-refractivity contribution in [2.24, 2.45) is 5.92 Å². The zero-order chi connectivity index (χ0) is 16.5. The standard InChI is InChI=1S/C16H24N2O3S/c1-11(2)7-8-22-10-16(20)18-13-5-6-15(21-4)14(9-13)17-12(3)19/h5-6,9,11H,7-8,10H2,1-4H3,(H,17,19)(H,18,20). The molecule has 0 unspecified atom stereocenters. The maximum atomic E-state index is 11.9. The number of benzene rings is 1. The molecule has 2 amide bonds. The summed E-state index contributed by atoms with van der Waals surface area (Å²) in [6.45, 7) is 5.76. The smallest absolute Gasteiger partial charge is 0.234 e. The number of nitrogens with one attached hydrogen (secondary N) is 2. The van der Waals surface area contributed by atoms with Crippen molar-refractivity contribution in [2.75, 3.05) is 29.2 Å². The van der Waals surface area contributed by atoms with Gasteiger partial charge in [0.25, 0.3) is 0 Å². The largest absolute Gasteiger partial charge is 0.495 e. The van der Waals surface area contributed by atoms with Gasteiger partial charge in [0.15, 0.2) is 0 Å². The van der Waals surface area contributed by atoms with Crippen LogP contribution in [0.5, 0.6) is 5.75 Å². The summed E-state index contributed by atoms with van der Waals surface area (Å²) in [6.07, 6.45) is 1.10. The highest BCUT2D eigenvalue weighted by atomic mass is 32.2. The molecular weight excluding hydrogens is 300 g/mol. The van der Waals surface area contributed by atoms with Gasteiger partial charge in [-0.05, 0) is 36.3 Å². The minimum Gasteiger partial charge on any atom is -0.495 e. The van der Waals surface area contributed by atoms with Gasteiger partial charge in [-0.3, -0.25) is 9.59 Å². The third kappa shape index (κ3) is 6.85. The first-order valence-electron chi connectivity index (χ1n) is 7.25. The van der Waals surface area contributed by atoms with Crippen LogP contribution >= 0.6 is 11.8 Å². The first-order valence-corrected chi connectivity index (χ1v) is 8.41. The summed E-state index contributed by atoms with van der Waals surface area (Å²) in [4.78, 5) is 23.1. The molecule has 5 nitrogen and oxygen atoms in total. The Labute approximate surface area is 136 Å². The molecule has 0 heterocycles. The normalized spacial score (nSPS) is 10.4. The molecule has 1 aromatic rings. The van der Waals surface area contributed by atoms with Crippen LogP contribution in [-0.4, -0.2) is 30.4 Å². The summed E-state index contributed by atoms with van der Waals surface area (Å²) in [7, 11) is 1.53. The third-order valence-electron chi connectivity index (χ3n) is 2.87. The molecule has 6 heteroatoms. The van der Waals surface area contributed by atoms with Crippen LogP contribution in [0.4, 0.5) is 11.4 Å². The minimum absolute atomic E-state index is 0.0484. The number of hydrogen-bond acceptors (Lipinski definition) is 4. The Morgan fingerprint density at radius 2 is 2.00 bits per heavy atom. The van der Waals surface area contributed by atoms with E-state index >= 15 is 0 Å². The number of carbonyl (C=O) groups is 2. The zero-order valence-corrected chi connectivity index (χ0v) is 14.4. The van der Waals surface area contributed by atoms with E-state index < -0.39 is 0 Å². The molecular formula is C16H24N2O3S. The van der Waals surface area contributed by atoms with Crippen molar-refractivity contribution in [3.63, 3.8) is 0 Å². The predicted molar refractivity (Wildman–Crippen MR) is 92.7 cm³/mol. The van der Waals surface area contributed by atoms with Crippen molar-refractivity contribution >= 4 is 35.0 Å². The molecule has 0 aromatic heterocycles. The number of carbonyl (C=O) groups excluding carboxylic acids is 2. The number of rotatable bonds is 8. The lowest BCUT2D eigenvalue weighted by Gasteiger charge is -2.12. The van der Waals surface area contributed by atoms with Gasteiger partial charge < -0.3 is 15.4 Å². The van der Waals surface area contributed by atoms with Gasteiger partial charge >= 0.3 is 0 Å². The SMILES string of the molecule is COc1ccc(NC(=O)CSCCC(C)C)cc1NC(C)=O. The number of methoxy groups -OCH3 is 1. The topological polar surface area (TPSA) is 67.4 Å². The van der Waals surface area contributed by atoms with Crippen molar-refractivity contribution in [1.29, 1.82) is 0 Å². The number of amides is 2. The number of hydrogen-bond donors (Lipinski definition) is 2.